The van der Waals surface area contributed by atoms with Crippen LogP contribution in [-0.2, 0) is 6.54 Å². The molecule has 0 aliphatic rings. The molecule has 1 aromatic carbocycles. The van der Waals surface area contributed by atoms with Gasteiger partial charge in [0.05, 0.1) is 26.3 Å². The third kappa shape index (κ3) is 3.34. The molecule has 0 unspecified atom stereocenters. The summed E-state index contributed by atoms with van der Waals surface area (Å²) in [4.78, 5) is 25.6. The molecule has 8 heteroatoms. The molecule has 0 saturated heterocycles. The summed E-state index contributed by atoms with van der Waals surface area (Å²) in [5.41, 5.74) is 7.04. The van der Waals surface area contributed by atoms with Gasteiger partial charge in [-0.15, -0.1) is 0 Å². The Balaban J connectivity index is 2.16. The fraction of sp³-hybridized carbons (Fsp3) is 0.231. The van der Waals surface area contributed by atoms with E-state index < -0.39 is 0 Å². The first-order chi connectivity index (χ1) is 10.0. The lowest BCUT2D eigenvalue weighted by molar-refractivity contribution is 0.0951. The topological polar surface area (TPSA) is 106 Å². The first-order valence-corrected chi connectivity index (χ1v) is 6.89. The summed E-state index contributed by atoms with van der Waals surface area (Å²) < 4.78 is 10.3. The van der Waals surface area contributed by atoms with Crippen molar-refractivity contribution in [1.29, 1.82) is 0 Å². The number of aromatic nitrogens is 1. The summed E-state index contributed by atoms with van der Waals surface area (Å²) in [7, 11) is 2.97. The quantitative estimate of drug-likeness (QED) is 0.713. The molecule has 112 valence electrons. The number of ether oxygens (including phenoxy) is 2. The predicted molar refractivity (Wildman–Crippen MR) is 80.1 cm³/mol. The highest BCUT2D eigenvalue weighted by atomic mass is 32.1. The Labute approximate surface area is 124 Å². The van der Waals surface area contributed by atoms with E-state index in [9.17, 15) is 9.59 Å². The zero-order valence-corrected chi connectivity index (χ0v) is 12.4. The number of carbonyl (C=O) groups is 1. The molecule has 0 aliphatic carbocycles. The number of benzene rings is 1. The average Bonchev–Trinajstić information content (AvgIpc) is 2.90. The van der Waals surface area contributed by atoms with Crippen molar-refractivity contribution in [2.24, 2.45) is 0 Å². The maximum atomic E-state index is 12.1. The second-order valence-corrected chi connectivity index (χ2v) is 4.99. The molecule has 21 heavy (non-hydrogen) atoms. The van der Waals surface area contributed by atoms with Gasteiger partial charge in [0, 0.05) is 22.8 Å². The molecule has 0 fully saturated rings. The van der Waals surface area contributed by atoms with E-state index in [-0.39, 0.29) is 28.6 Å². The van der Waals surface area contributed by atoms with Gasteiger partial charge >= 0.3 is 4.87 Å². The van der Waals surface area contributed by atoms with E-state index in [1.807, 2.05) is 0 Å². The van der Waals surface area contributed by atoms with Crippen molar-refractivity contribution in [3.05, 3.63) is 38.4 Å². The van der Waals surface area contributed by atoms with Gasteiger partial charge in [-0.3, -0.25) is 9.59 Å². The number of nitrogen functional groups attached to an aromatic ring is 1. The summed E-state index contributed by atoms with van der Waals surface area (Å²) in [6, 6.07) is 3.04. The molecule has 4 N–H and O–H groups in total. The zero-order valence-electron chi connectivity index (χ0n) is 11.6. The van der Waals surface area contributed by atoms with E-state index in [4.69, 9.17) is 15.2 Å². The highest BCUT2D eigenvalue weighted by molar-refractivity contribution is 7.07. The van der Waals surface area contributed by atoms with Gasteiger partial charge in [0.2, 0.25) is 0 Å². The number of hydrogen-bond acceptors (Lipinski definition) is 6. The van der Waals surface area contributed by atoms with Crippen LogP contribution < -0.4 is 25.4 Å². The maximum absolute atomic E-state index is 12.1. The van der Waals surface area contributed by atoms with Crippen LogP contribution in [0.1, 0.15) is 16.1 Å². The number of amides is 1. The lowest BCUT2D eigenvalue weighted by Gasteiger charge is -2.12. The fourth-order valence-corrected chi connectivity index (χ4v) is 2.34. The third-order valence-electron chi connectivity index (χ3n) is 2.81. The molecule has 0 aliphatic heterocycles. The van der Waals surface area contributed by atoms with Crippen molar-refractivity contribution in [3.8, 4) is 11.5 Å². The van der Waals surface area contributed by atoms with E-state index in [2.05, 4.69) is 10.3 Å². The number of thiazole rings is 1. The van der Waals surface area contributed by atoms with Crippen molar-refractivity contribution in [2.45, 2.75) is 6.54 Å². The molecular formula is C13H15N3O4S. The van der Waals surface area contributed by atoms with Crippen LogP contribution in [0.5, 0.6) is 11.5 Å². The van der Waals surface area contributed by atoms with Crippen molar-refractivity contribution in [1.82, 2.24) is 10.3 Å². The smallest absolute Gasteiger partial charge is 0.304 e. The Hall–Kier alpha value is -2.48. The lowest BCUT2D eigenvalue weighted by Crippen LogP contribution is -2.24. The van der Waals surface area contributed by atoms with Crippen LogP contribution in [0.3, 0.4) is 0 Å². The predicted octanol–water partition coefficient (Wildman–Crippen LogP) is 0.966. The number of methoxy groups -OCH3 is 2. The average molecular weight is 309 g/mol. The number of nitrogens with one attached hydrogen (secondary N) is 2. The summed E-state index contributed by atoms with van der Waals surface area (Å²) >= 11 is 1.04. The van der Waals surface area contributed by atoms with Gasteiger partial charge in [0.1, 0.15) is 0 Å². The normalized spacial score (nSPS) is 10.2. The van der Waals surface area contributed by atoms with E-state index in [1.165, 1.54) is 26.4 Å². The minimum Gasteiger partial charge on any atom is -0.493 e. The number of rotatable bonds is 5. The second-order valence-electron chi connectivity index (χ2n) is 4.15. The molecule has 0 atom stereocenters. The molecule has 2 rings (SSSR count). The van der Waals surface area contributed by atoms with Gasteiger partial charge in [0.15, 0.2) is 11.5 Å². The Kier molecular flexibility index (Phi) is 4.49. The van der Waals surface area contributed by atoms with Crippen LogP contribution in [0.2, 0.25) is 0 Å². The van der Waals surface area contributed by atoms with Crippen molar-refractivity contribution >= 4 is 22.9 Å². The van der Waals surface area contributed by atoms with Crippen LogP contribution in [0.25, 0.3) is 0 Å². The van der Waals surface area contributed by atoms with Gasteiger partial charge in [-0.1, -0.05) is 11.3 Å². The summed E-state index contributed by atoms with van der Waals surface area (Å²) in [6.45, 7) is 0.214. The van der Waals surface area contributed by atoms with Gasteiger partial charge < -0.3 is 25.5 Å². The first-order valence-electron chi connectivity index (χ1n) is 6.01. The van der Waals surface area contributed by atoms with Crippen LogP contribution in [-0.4, -0.2) is 25.1 Å². The van der Waals surface area contributed by atoms with E-state index in [0.29, 0.717) is 17.2 Å². The van der Waals surface area contributed by atoms with Crippen LogP contribution in [0, 0.1) is 0 Å². The summed E-state index contributed by atoms with van der Waals surface area (Å²) in [5, 5.41) is 4.33. The van der Waals surface area contributed by atoms with Crippen molar-refractivity contribution in [3.63, 3.8) is 0 Å². The lowest BCUT2D eigenvalue weighted by atomic mass is 10.1. The molecule has 2 aromatic rings. The number of carbonyl (C=O) groups excluding carboxylic acids is 1. The van der Waals surface area contributed by atoms with Gasteiger partial charge in [-0.2, -0.15) is 0 Å². The first kappa shape index (κ1) is 14.9. The van der Waals surface area contributed by atoms with E-state index in [0.717, 1.165) is 11.3 Å². The SMILES string of the molecule is COc1cc(N)c(C(=O)NCc2csc(=O)[nH]2)cc1OC. The Morgan fingerprint density at radius 3 is 2.57 bits per heavy atom. The Morgan fingerprint density at radius 2 is 2.00 bits per heavy atom. The monoisotopic (exact) mass is 309 g/mol. The number of anilines is 1. The molecule has 7 nitrogen and oxygen atoms in total. The molecule has 1 heterocycles. The van der Waals surface area contributed by atoms with Gasteiger partial charge in [0.25, 0.3) is 5.91 Å². The molecule has 0 bridgehead atoms. The maximum Gasteiger partial charge on any atom is 0.304 e. The zero-order chi connectivity index (χ0) is 15.4. The molecule has 1 amide bonds. The van der Waals surface area contributed by atoms with Crippen LogP contribution in [0.15, 0.2) is 22.3 Å². The van der Waals surface area contributed by atoms with Crippen molar-refractivity contribution < 1.29 is 14.3 Å². The Bertz CT molecular complexity index is 708. The Morgan fingerprint density at radius 1 is 1.33 bits per heavy atom. The fourth-order valence-electron chi connectivity index (χ4n) is 1.76. The van der Waals surface area contributed by atoms with Crippen molar-refractivity contribution in [2.75, 3.05) is 20.0 Å². The van der Waals surface area contributed by atoms with E-state index in [1.54, 1.807) is 5.38 Å². The van der Waals surface area contributed by atoms with Gasteiger partial charge in [-0.25, -0.2) is 0 Å². The summed E-state index contributed by atoms with van der Waals surface area (Å²) in [6.07, 6.45) is 0. The standard InChI is InChI=1S/C13H15N3O4S/c1-19-10-3-8(9(14)4-11(10)20-2)12(17)15-5-7-6-21-13(18)16-7/h3-4,6H,5,14H2,1-2H3,(H,15,17)(H,16,18). The minimum atomic E-state index is -0.361. The van der Waals surface area contributed by atoms with Gasteiger partial charge in [-0.05, 0) is 6.07 Å². The minimum absolute atomic E-state index is 0.162. The number of hydrogen-bond donors (Lipinski definition) is 3. The molecule has 0 radical (unpaired) electrons. The highest BCUT2D eigenvalue weighted by Gasteiger charge is 2.15. The third-order valence-corrected chi connectivity index (χ3v) is 3.53. The second kappa shape index (κ2) is 6.31. The molecule has 0 spiro atoms. The molecule has 0 saturated carbocycles. The molecule has 1 aromatic heterocycles. The number of nitrogens with two attached hydrogens (primary N) is 1. The summed E-state index contributed by atoms with van der Waals surface area (Å²) in [5.74, 6) is 0.509. The number of H-pyrrole nitrogens is 1. The largest absolute Gasteiger partial charge is 0.493 e. The van der Waals surface area contributed by atoms with Crippen LogP contribution in [0.4, 0.5) is 5.69 Å². The van der Waals surface area contributed by atoms with Crippen LogP contribution >= 0.6 is 11.3 Å². The number of aromatic amines is 1. The molecular weight excluding hydrogens is 294 g/mol. The van der Waals surface area contributed by atoms with E-state index >= 15 is 0 Å². The highest BCUT2D eigenvalue weighted by Crippen LogP contribution is 2.31.